The first-order valence-electron chi connectivity index (χ1n) is 19.6. The molecule has 1 amide bonds. The summed E-state index contributed by atoms with van der Waals surface area (Å²) in [4.78, 5) is 30.0. The summed E-state index contributed by atoms with van der Waals surface area (Å²) in [5.74, 6) is 4.02. The quantitative estimate of drug-likeness (QED) is 0.168. The van der Waals surface area contributed by atoms with Crippen LogP contribution in [0.25, 0.3) is 22.6 Å². The number of ether oxygens (including phenoxy) is 6. The summed E-state index contributed by atoms with van der Waals surface area (Å²) in [6.07, 6.45) is 0. The van der Waals surface area contributed by atoms with Crippen molar-refractivity contribution in [1.82, 2.24) is 20.5 Å². The third-order valence-electron chi connectivity index (χ3n) is 10.3. The Morgan fingerprint density at radius 2 is 1.08 bits per heavy atom. The Morgan fingerprint density at radius 1 is 0.597 bits per heavy atom. The molecule has 0 spiro atoms. The number of nitrogens with one attached hydrogen (secondary N) is 1. The van der Waals surface area contributed by atoms with E-state index in [-0.39, 0.29) is 32.6 Å². The van der Waals surface area contributed by atoms with Gasteiger partial charge in [-0.05, 0) is 60.7 Å². The summed E-state index contributed by atoms with van der Waals surface area (Å²) >= 11 is 0. The number of hydrogen-bond acceptors (Lipinski definition) is 15. The highest BCUT2D eigenvalue weighted by Gasteiger charge is 2.26. The van der Waals surface area contributed by atoms with E-state index in [4.69, 9.17) is 42.6 Å². The van der Waals surface area contributed by atoms with Crippen molar-refractivity contribution < 1.29 is 52.2 Å². The first-order chi connectivity index (χ1) is 29.8. The number of aromatic carboxylic acids is 1. The zero-order valence-electron chi connectivity index (χ0n) is 33.6. The van der Waals surface area contributed by atoms with Gasteiger partial charge in [-0.25, -0.2) is 4.79 Å². The van der Waals surface area contributed by atoms with Gasteiger partial charge >= 0.3 is 5.97 Å². The minimum absolute atomic E-state index is 0. The average molecular weight is 849 g/mol. The normalized spacial score (nSPS) is 14.7. The Kier molecular flexibility index (Phi) is 13.6. The molecule has 2 saturated heterocycles. The van der Waals surface area contributed by atoms with Crippen LogP contribution in [0.5, 0.6) is 34.5 Å². The molecule has 6 heterocycles. The molecule has 0 bridgehead atoms. The molecule has 4 aromatic carbocycles. The number of carboxylic acids is 1. The van der Waals surface area contributed by atoms with Crippen LogP contribution in [0.1, 0.15) is 28.4 Å². The maximum atomic E-state index is 12.9. The number of aromatic nitrogens is 2. The maximum Gasteiger partial charge on any atom is 0.358 e. The number of anilines is 2. The molecule has 2 aromatic heterocycles. The van der Waals surface area contributed by atoms with Crippen molar-refractivity contribution >= 4 is 23.3 Å². The van der Waals surface area contributed by atoms with Crippen LogP contribution in [0.15, 0.2) is 106 Å². The zero-order valence-corrected chi connectivity index (χ0v) is 33.6. The third kappa shape index (κ3) is 9.96. The molecule has 324 valence electrons. The molecular formula is C45H48N6O11. The minimum atomic E-state index is -1.12. The van der Waals surface area contributed by atoms with Gasteiger partial charge in [-0.1, -0.05) is 29.9 Å². The second kappa shape index (κ2) is 19.8. The first kappa shape index (κ1) is 42.7. The van der Waals surface area contributed by atoms with Gasteiger partial charge in [0.15, 0.2) is 45.9 Å². The summed E-state index contributed by atoms with van der Waals surface area (Å²) < 4.78 is 42.0. The summed E-state index contributed by atoms with van der Waals surface area (Å²) in [5, 5.41) is 19.5. The van der Waals surface area contributed by atoms with Crippen molar-refractivity contribution in [2.45, 2.75) is 7.43 Å². The monoisotopic (exact) mass is 848 g/mol. The predicted octanol–water partition coefficient (Wildman–Crippen LogP) is 6.55. The van der Waals surface area contributed by atoms with Crippen molar-refractivity contribution in [3.63, 3.8) is 0 Å². The second-order valence-electron chi connectivity index (χ2n) is 14.0. The highest BCUT2D eigenvalue weighted by atomic mass is 16.7. The zero-order chi connectivity index (χ0) is 42.1. The van der Waals surface area contributed by atoms with Gasteiger partial charge in [0.2, 0.25) is 13.6 Å². The highest BCUT2D eigenvalue weighted by Crippen LogP contribution is 2.37. The topological polar surface area (TPSA) is 184 Å². The molecule has 10 rings (SSSR count). The van der Waals surface area contributed by atoms with Crippen LogP contribution in [0.2, 0.25) is 0 Å². The number of nitrogens with zero attached hydrogens (tertiary/aromatic N) is 5. The molecule has 17 nitrogen and oxygen atoms in total. The van der Waals surface area contributed by atoms with Crippen LogP contribution >= 0.6 is 0 Å². The van der Waals surface area contributed by atoms with Gasteiger partial charge in [-0.15, -0.1) is 0 Å². The summed E-state index contributed by atoms with van der Waals surface area (Å²) in [6, 6.07) is 29.9. The van der Waals surface area contributed by atoms with E-state index < -0.39 is 5.97 Å². The lowest BCUT2D eigenvalue weighted by atomic mass is 10.1. The predicted molar refractivity (Wildman–Crippen MR) is 229 cm³/mol. The van der Waals surface area contributed by atoms with Gasteiger partial charge in [0.25, 0.3) is 5.91 Å². The van der Waals surface area contributed by atoms with Crippen LogP contribution in [-0.2, 0) is 0 Å². The Balaban J connectivity index is 0.000000153. The number of rotatable bonds is 8. The molecule has 17 heteroatoms. The van der Waals surface area contributed by atoms with E-state index in [0.717, 1.165) is 62.0 Å². The van der Waals surface area contributed by atoms with Crippen molar-refractivity contribution in [3.05, 3.63) is 108 Å². The van der Waals surface area contributed by atoms with E-state index in [1.165, 1.54) is 11.8 Å². The maximum absolute atomic E-state index is 12.9. The lowest BCUT2D eigenvalue weighted by molar-refractivity contribution is 0.0684. The highest BCUT2D eigenvalue weighted by molar-refractivity contribution is 5.93. The molecule has 4 aliphatic heterocycles. The Bertz CT molecular complexity index is 2460. The smallest absolute Gasteiger partial charge is 0.358 e. The van der Waals surface area contributed by atoms with Crippen LogP contribution < -0.4 is 43.5 Å². The fourth-order valence-corrected chi connectivity index (χ4v) is 6.99. The fourth-order valence-electron chi connectivity index (χ4n) is 6.99. The number of amides is 1. The lowest BCUT2D eigenvalue weighted by Crippen LogP contribution is -2.48. The van der Waals surface area contributed by atoms with Gasteiger partial charge in [0.1, 0.15) is 11.5 Å². The molecule has 0 saturated carbocycles. The summed E-state index contributed by atoms with van der Waals surface area (Å²) in [6.45, 7) is 7.40. The fraction of sp³-hybridized carbons (Fsp3) is 0.289. The van der Waals surface area contributed by atoms with Crippen molar-refractivity contribution in [3.8, 4) is 57.1 Å². The number of carbonyl (C=O) groups is 2. The molecule has 0 unspecified atom stereocenters. The standard InChI is InChI=1S/C22H21N3O5.C11H16N2O.C11H7NO5.CH4/c1-27-17-4-2-3-16(12-17)24-7-9-25(10-8-24)22(26)18-13-20(30-23-18)15-5-6-19-21(11-15)29-14-28-19;1-14-11-4-2-3-10(9-11)13-7-5-12-6-8-13;13-11(14)7-4-9(17-12-7)6-1-2-8-10(3-6)16-5-15-8;/h2-6,11-13H,7-10,14H2,1H3;2-4,9,12H,5-8H2,1H3;1-4H,5H2,(H,13,14);1H4. The van der Waals surface area contributed by atoms with E-state index >= 15 is 0 Å². The van der Waals surface area contributed by atoms with Gasteiger partial charge in [-0.2, -0.15) is 0 Å². The van der Waals surface area contributed by atoms with E-state index in [1.54, 1.807) is 43.4 Å². The molecule has 0 aliphatic carbocycles. The Morgan fingerprint density at radius 3 is 1.58 bits per heavy atom. The molecular weight excluding hydrogens is 801 g/mol. The van der Waals surface area contributed by atoms with Crippen LogP contribution in [0.4, 0.5) is 11.4 Å². The van der Waals surface area contributed by atoms with E-state index in [1.807, 2.05) is 48.5 Å². The number of methoxy groups -OCH3 is 2. The SMILES string of the molecule is C.COc1cccc(N2CCN(C(=O)c3cc(-c4ccc5c(c4)OCO5)on3)CC2)c1.COc1cccc(N2CCNCC2)c1.O=C(O)c1cc(-c2ccc3c(c2)OCO3)on1. The van der Waals surface area contributed by atoms with Crippen molar-refractivity contribution in [2.75, 3.05) is 90.0 Å². The number of fused-ring (bicyclic) bond motifs is 2. The van der Waals surface area contributed by atoms with Gasteiger partial charge in [0, 0.05) is 99.1 Å². The number of benzene rings is 4. The first-order valence-corrected chi connectivity index (χ1v) is 19.6. The van der Waals surface area contributed by atoms with Gasteiger partial charge in [0.05, 0.1) is 14.2 Å². The van der Waals surface area contributed by atoms with E-state index in [9.17, 15) is 9.59 Å². The molecule has 0 radical (unpaired) electrons. The van der Waals surface area contributed by atoms with Gasteiger partial charge < -0.3 is 62.6 Å². The van der Waals surface area contributed by atoms with Crippen LogP contribution in [0.3, 0.4) is 0 Å². The summed E-state index contributed by atoms with van der Waals surface area (Å²) in [7, 11) is 3.36. The number of carboxylic acid groups (broad SMARTS) is 1. The van der Waals surface area contributed by atoms with Gasteiger partial charge in [-0.3, -0.25) is 4.79 Å². The molecule has 2 fully saturated rings. The average Bonchev–Trinajstić information content (AvgIpc) is 4.17. The lowest BCUT2D eigenvalue weighted by Gasteiger charge is -2.35. The Hall–Kier alpha value is -7.40. The number of hydrogen-bond donors (Lipinski definition) is 2. The number of carbonyl (C=O) groups excluding carboxylic acids is 1. The van der Waals surface area contributed by atoms with E-state index in [0.29, 0.717) is 58.9 Å². The molecule has 4 aliphatic rings. The Labute approximate surface area is 358 Å². The molecule has 62 heavy (non-hydrogen) atoms. The van der Waals surface area contributed by atoms with Crippen molar-refractivity contribution in [1.29, 1.82) is 0 Å². The molecule has 6 aromatic rings. The third-order valence-corrected chi connectivity index (χ3v) is 10.3. The summed E-state index contributed by atoms with van der Waals surface area (Å²) in [5.41, 5.74) is 4.00. The largest absolute Gasteiger partial charge is 0.497 e. The van der Waals surface area contributed by atoms with Crippen LogP contribution in [-0.4, -0.2) is 112 Å². The van der Waals surface area contributed by atoms with E-state index in [2.05, 4.69) is 43.6 Å². The molecule has 0 atom stereocenters. The molecule has 2 N–H and O–H groups in total. The second-order valence-corrected chi connectivity index (χ2v) is 14.0. The van der Waals surface area contributed by atoms with Crippen LogP contribution in [0, 0.1) is 0 Å². The minimum Gasteiger partial charge on any atom is -0.497 e. The van der Waals surface area contributed by atoms with Crippen molar-refractivity contribution in [2.24, 2.45) is 0 Å². The number of piperazine rings is 2.